The van der Waals surface area contributed by atoms with Crippen LogP contribution in [0.5, 0.6) is 0 Å². The maximum atomic E-state index is 10.3. The zero-order valence-electron chi connectivity index (χ0n) is 14.8. The maximum absolute atomic E-state index is 10.3. The first-order valence-electron chi connectivity index (χ1n) is 9.65. The predicted molar refractivity (Wildman–Crippen MR) is 95.0 cm³/mol. The van der Waals surface area contributed by atoms with Crippen LogP contribution in [0.15, 0.2) is 0 Å². The predicted octanol–water partition coefficient (Wildman–Crippen LogP) is 4.96. The van der Waals surface area contributed by atoms with Crippen molar-refractivity contribution in [1.29, 1.82) is 0 Å². The first-order valence-corrected chi connectivity index (χ1v) is 9.65. The summed E-state index contributed by atoms with van der Waals surface area (Å²) in [6, 6.07) is -0.0465. The molecule has 0 aliphatic heterocycles. The third kappa shape index (κ3) is 15.8. The average Bonchev–Trinajstić information content (AvgIpc) is 2.54. The Morgan fingerprint density at radius 3 is 1.55 bits per heavy atom. The van der Waals surface area contributed by atoms with Crippen molar-refractivity contribution in [3.8, 4) is 0 Å². The molecule has 1 unspecified atom stereocenters. The van der Waals surface area contributed by atoms with Crippen LogP contribution in [0, 0.1) is 0 Å². The molecular formula is C19H39NO2. The van der Waals surface area contributed by atoms with Crippen LogP contribution in [0.4, 0.5) is 0 Å². The largest absolute Gasteiger partial charge is 0.394 e. The summed E-state index contributed by atoms with van der Waals surface area (Å²) < 4.78 is 0. The normalized spacial score (nSPS) is 12.3. The van der Waals surface area contributed by atoms with Gasteiger partial charge in [0, 0.05) is 0 Å². The summed E-state index contributed by atoms with van der Waals surface area (Å²) in [5, 5.41) is 11.7. The van der Waals surface area contributed by atoms with Crippen LogP contribution in [0.1, 0.15) is 103 Å². The van der Waals surface area contributed by atoms with Crippen molar-refractivity contribution in [1.82, 2.24) is 5.32 Å². The van der Waals surface area contributed by atoms with E-state index in [0.717, 1.165) is 12.8 Å². The Morgan fingerprint density at radius 2 is 1.18 bits per heavy atom. The number of carbonyl (C=O) groups excluding carboxylic acids is 1. The first kappa shape index (κ1) is 21.4. The molecule has 0 saturated carbocycles. The van der Waals surface area contributed by atoms with Crippen LogP contribution >= 0.6 is 0 Å². The molecule has 0 aromatic rings. The molecule has 0 aliphatic rings. The molecule has 132 valence electrons. The van der Waals surface area contributed by atoms with Crippen LogP contribution in [0.2, 0.25) is 0 Å². The van der Waals surface area contributed by atoms with Crippen LogP contribution in [0.25, 0.3) is 0 Å². The third-order valence-electron chi connectivity index (χ3n) is 4.43. The molecule has 0 fully saturated rings. The van der Waals surface area contributed by atoms with E-state index >= 15 is 0 Å². The van der Waals surface area contributed by atoms with Gasteiger partial charge in [0.1, 0.15) is 0 Å². The Bertz CT molecular complexity index is 221. The monoisotopic (exact) mass is 313 g/mol. The minimum absolute atomic E-state index is 0.0465. The highest BCUT2D eigenvalue weighted by atomic mass is 16.3. The first-order chi connectivity index (χ1) is 10.8. The van der Waals surface area contributed by atoms with Crippen molar-refractivity contribution < 1.29 is 9.90 Å². The number of carbonyl (C=O) groups is 1. The topological polar surface area (TPSA) is 49.3 Å². The smallest absolute Gasteiger partial charge is 0.207 e. The van der Waals surface area contributed by atoms with Gasteiger partial charge < -0.3 is 10.4 Å². The van der Waals surface area contributed by atoms with Crippen LogP contribution in [-0.4, -0.2) is 24.2 Å². The lowest BCUT2D eigenvalue weighted by Crippen LogP contribution is -2.31. The molecule has 0 aliphatic carbocycles. The molecule has 1 amide bonds. The van der Waals surface area contributed by atoms with Gasteiger partial charge in [0.25, 0.3) is 0 Å². The fraction of sp³-hybridized carbons (Fsp3) is 0.947. The van der Waals surface area contributed by atoms with E-state index in [1.54, 1.807) is 0 Å². The minimum atomic E-state index is -0.0465. The summed E-state index contributed by atoms with van der Waals surface area (Å²) in [5.74, 6) is 0. The molecule has 1 atom stereocenters. The Hall–Kier alpha value is -0.570. The molecular weight excluding hydrogens is 274 g/mol. The molecule has 0 aromatic heterocycles. The van der Waals surface area contributed by atoms with E-state index in [-0.39, 0.29) is 12.6 Å². The molecule has 0 saturated heterocycles. The highest BCUT2D eigenvalue weighted by molar-refractivity contribution is 5.46. The zero-order chi connectivity index (χ0) is 16.3. The van der Waals surface area contributed by atoms with Gasteiger partial charge in [-0.1, -0.05) is 96.8 Å². The molecule has 3 nitrogen and oxygen atoms in total. The maximum Gasteiger partial charge on any atom is 0.207 e. The fourth-order valence-corrected chi connectivity index (χ4v) is 2.91. The van der Waals surface area contributed by atoms with Crippen molar-refractivity contribution in [2.45, 2.75) is 109 Å². The van der Waals surface area contributed by atoms with Gasteiger partial charge in [-0.3, -0.25) is 4.79 Å². The van der Waals surface area contributed by atoms with Gasteiger partial charge >= 0.3 is 0 Å². The average molecular weight is 314 g/mol. The molecule has 3 heteroatoms. The van der Waals surface area contributed by atoms with Gasteiger partial charge in [0.15, 0.2) is 0 Å². The Kier molecular flexibility index (Phi) is 18.0. The van der Waals surface area contributed by atoms with E-state index in [4.69, 9.17) is 5.11 Å². The highest BCUT2D eigenvalue weighted by Crippen LogP contribution is 2.13. The van der Waals surface area contributed by atoms with Gasteiger partial charge in [0.2, 0.25) is 6.41 Å². The summed E-state index contributed by atoms with van der Waals surface area (Å²) in [6.07, 6.45) is 20.6. The van der Waals surface area contributed by atoms with Crippen molar-refractivity contribution in [2.75, 3.05) is 6.61 Å². The Morgan fingerprint density at radius 1 is 0.773 bits per heavy atom. The van der Waals surface area contributed by atoms with Gasteiger partial charge in [-0.25, -0.2) is 0 Å². The molecule has 0 spiro atoms. The van der Waals surface area contributed by atoms with Crippen molar-refractivity contribution in [2.24, 2.45) is 0 Å². The molecule has 0 aromatic carbocycles. The molecule has 0 radical (unpaired) electrons. The van der Waals surface area contributed by atoms with Gasteiger partial charge in [-0.2, -0.15) is 0 Å². The van der Waals surface area contributed by atoms with E-state index in [9.17, 15) is 4.79 Å². The van der Waals surface area contributed by atoms with Crippen LogP contribution in [0.3, 0.4) is 0 Å². The molecule has 0 heterocycles. The van der Waals surface area contributed by atoms with Crippen LogP contribution < -0.4 is 5.32 Å². The van der Waals surface area contributed by atoms with E-state index in [1.165, 1.54) is 83.5 Å². The van der Waals surface area contributed by atoms with E-state index in [0.29, 0.717) is 6.41 Å². The fourth-order valence-electron chi connectivity index (χ4n) is 2.91. The summed E-state index contributed by atoms with van der Waals surface area (Å²) in [4.78, 5) is 10.3. The SMILES string of the molecule is CCCCCCCCCCCCCCCCC(CO)NC=O. The molecule has 0 rings (SSSR count). The second-order valence-electron chi connectivity index (χ2n) is 6.55. The number of unbranched alkanes of at least 4 members (excludes halogenated alkanes) is 13. The zero-order valence-corrected chi connectivity index (χ0v) is 14.8. The minimum Gasteiger partial charge on any atom is -0.394 e. The van der Waals surface area contributed by atoms with E-state index < -0.39 is 0 Å². The summed E-state index contributed by atoms with van der Waals surface area (Å²) >= 11 is 0. The summed E-state index contributed by atoms with van der Waals surface area (Å²) in [6.45, 7) is 2.32. The summed E-state index contributed by atoms with van der Waals surface area (Å²) in [5.41, 5.74) is 0. The number of nitrogens with one attached hydrogen (secondary N) is 1. The molecule has 22 heavy (non-hydrogen) atoms. The van der Waals surface area contributed by atoms with Gasteiger partial charge in [-0.15, -0.1) is 0 Å². The highest BCUT2D eigenvalue weighted by Gasteiger charge is 2.04. The number of aliphatic hydroxyl groups excluding tert-OH is 1. The number of aliphatic hydroxyl groups is 1. The third-order valence-corrected chi connectivity index (χ3v) is 4.43. The molecule has 0 bridgehead atoms. The number of amides is 1. The Balaban J connectivity index is 3.09. The second kappa shape index (κ2) is 18.5. The lowest BCUT2D eigenvalue weighted by atomic mass is 10.0. The summed E-state index contributed by atoms with van der Waals surface area (Å²) in [7, 11) is 0. The standard InChI is InChI=1S/C19H39NO2/c1-2-3-4-5-6-7-8-9-10-11-12-13-14-15-16-19(17-21)20-18-22/h18-19,21H,2-17H2,1H3,(H,20,22). The lowest BCUT2D eigenvalue weighted by molar-refractivity contribution is -0.110. The van der Waals surface area contributed by atoms with Crippen molar-refractivity contribution >= 4 is 6.41 Å². The number of hydrogen-bond acceptors (Lipinski definition) is 2. The Labute approximate surface area is 138 Å². The van der Waals surface area contributed by atoms with Crippen molar-refractivity contribution in [3.05, 3.63) is 0 Å². The number of rotatable bonds is 18. The molecule has 2 N–H and O–H groups in total. The van der Waals surface area contributed by atoms with Gasteiger partial charge in [-0.05, 0) is 6.42 Å². The van der Waals surface area contributed by atoms with E-state index in [2.05, 4.69) is 12.2 Å². The van der Waals surface area contributed by atoms with Gasteiger partial charge in [0.05, 0.1) is 12.6 Å². The van der Waals surface area contributed by atoms with Crippen LogP contribution in [-0.2, 0) is 4.79 Å². The quantitative estimate of drug-likeness (QED) is 0.277. The van der Waals surface area contributed by atoms with Crippen molar-refractivity contribution in [3.63, 3.8) is 0 Å². The van der Waals surface area contributed by atoms with E-state index in [1.807, 2.05) is 0 Å². The second-order valence-corrected chi connectivity index (χ2v) is 6.55. The number of hydrogen-bond donors (Lipinski definition) is 2. The lowest BCUT2D eigenvalue weighted by Gasteiger charge is -2.12.